The maximum atomic E-state index is 12.1. The van der Waals surface area contributed by atoms with E-state index in [0.29, 0.717) is 16.9 Å². The summed E-state index contributed by atoms with van der Waals surface area (Å²) in [7, 11) is 1.30. The van der Waals surface area contributed by atoms with Crippen LogP contribution in [0.5, 0.6) is 0 Å². The van der Waals surface area contributed by atoms with E-state index in [4.69, 9.17) is 17.3 Å². The van der Waals surface area contributed by atoms with Gasteiger partial charge in [-0.25, -0.2) is 9.78 Å². The van der Waals surface area contributed by atoms with E-state index < -0.39 is 11.9 Å². The molecule has 7 heteroatoms. The van der Waals surface area contributed by atoms with Gasteiger partial charge in [0.25, 0.3) is 5.91 Å². The van der Waals surface area contributed by atoms with Crippen LogP contribution in [0.2, 0.25) is 5.15 Å². The number of nitrogens with zero attached hydrogens (tertiary/aromatic N) is 1. The van der Waals surface area contributed by atoms with Gasteiger partial charge in [0.2, 0.25) is 0 Å². The first-order chi connectivity index (χ1) is 10.0. The number of benzene rings is 1. The van der Waals surface area contributed by atoms with Crippen molar-refractivity contribution in [3.05, 3.63) is 52.8 Å². The van der Waals surface area contributed by atoms with Crippen molar-refractivity contribution in [3.8, 4) is 0 Å². The lowest BCUT2D eigenvalue weighted by atomic mass is 10.2. The van der Waals surface area contributed by atoms with E-state index in [1.54, 1.807) is 24.3 Å². The molecule has 2 aromatic rings. The summed E-state index contributed by atoms with van der Waals surface area (Å²) < 4.78 is 4.59. The minimum Gasteiger partial charge on any atom is -0.465 e. The summed E-state index contributed by atoms with van der Waals surface area (Å²) >= 11 is 5.85. The predicted octanol–water partition coefficient (Wildman–Crippen LogP) is 2.36. The molecule has 3 N–H and O–H groups in total. The monoisotopic (exact) mass is 305 g/mol. The molecule has 0 spiro atoms. The molecule has 0 aliphatic carbocycles. The summed E-state index contributed by atoms with van der Waals surface area (Å²) in [4.78, 5) is 27.2. The smallest absolute Gasteiger partial charge is 0.337 e. The quantitative estimate of drug-likeness (QED) is 0.670. The molecule has 1 aromatic heterocycles. The summed E-state index contributed by atoms with van der Waals surface area (Å²) in [6.07, 6.45) is 1.37. The summed E-state index contributed by atoms with van der Waals surface area (Å²) in [5.74, 6) is -0.887. The van der Waals surface area contributed by atoms with Crippen LogP contribution in [0.4, 0.5) is 11.4 Å². The number of carbonyl (C=O) groups is 2. The van der Waals surface area contributed by atoms with Gasteiger partial charge in [0.1, 0.15) is 5.15 Å². The molecule has 1 heterocycles. The zero-order chi connectivity index (χ0) is 15.4. The Hall–Kier alpha value is -2.60. The number of nitrogen functional groups attached to an aromatic ring is 1. The fourth-order valence-corrected chi connectivity index (χ4v) is 1.82. The molecular weight excluding hydrogens is 294 g/mol. The largest absolute Gasteiger partial charge is 0.465 e. The number of anilines is 2. The number of nitrogens with two attached hydrogens (primary N) is 1. The number of aromatic nitrogens is 1. The third kappa shape index (κ3) is 3.49. The Morgan fingerprint density at radius 1 is 1.29 bits per heavy atom. The van der Waals surface area contributed by atoms with Crippen LogP contribution < -0.4 is 11.1 Å². The fourth-order valence-electron chi connectivity index (χ4n) is 1.63. The molecule has 6 nitrogen and oxygen atoms in total. The average molecular weight is 306 g/mol. The van der Waals surface area contributed by atoms with Crippen molar-refractivity contribution in [1.82, 2.24) is 4.98 Å². The molecule has 2 rings (SSSR count). The van der Waals surface area contributed by atoms with Crippen LogP contribution in [-0.2, 0) is 4.74 Å². The topological polar surface area (TPSA) is 94.3 Å². The lowest BCUT2D eigenvalue weighted by Gasteiger charge is -2.07. The highest BCUT2D eigenvalue weighted by Gasteiger charge is 2.12. The molecule has 0 aliphatic heterocycles. The number of pyridine rings is 1. The third-order valence-electron chi connectivity index (χ3n) is 2.67. The first kappa shape index (κ1) is 14.8. The van der Waals surface area contributed by atoms with E-state index in [1.807, 2.05) is 0 Å². The van der Waals surface area contributed by atoms with E-state index >= 15 is 0 Å². The average Bonchev–Trinajstić information content (AvgIpc) is 2.49. The van der Waals surface area contributed by atoms with Crippen LogP contribution in [-0.4, -0.2) is 24.0 Å². The summed E-state index contributed by atoms with van der Waals surface area (Å²) in [6.45, 7) is 0. The maximum absolute atomic E-state index is 12.1. The number of rotatable bonds is 3. The van der Waals surface area contributed by atoms with E-state index in [-0.39, 0.29) is 10.7 Å². The van der Waals surface area contributed by atoms with E-state index in [0.717, 1.165) is 0 Å². The van der Waals surface area contributed by atoms with Gasteiger partial charge in [-0.15, -0.1) is 0 Å². The molecule has 0 atom stereocenters. The Labute approximate surface area is 125 Å². The summed E-state index contributed by atoms with van der Waals surface area (Å²) in [5, 5.41) is 2.70. The molecular formula is C14H12ClN3O3. The minimum atomic E-state index is -0.448. The number of carbonyl (C=O) groups excluding carboxylic acids is 2. The normalized spacial score (nSPS) is 10.0. The molecule has 0 saturated heterocycles. The first-order valence-corrected chi connectivity index (χ1v) is 6.30. The van der Waals surface area contributed by atoms with Gasteiger partial charge in [-0.05, 0) is 30.3 Å². The van der Waals surface area contributed by atoms with Gasteiger partial charge in [0.05, 0.1) is 30.1 Å². The summed E-state index contributed by atoms with van der Waals surface area (Å²) in [5.41, 5.74) is 6.98. The molecule has 108 valence electrons. The lowest BCUT2D eigenvalue weighted by Crippen LogP contribution is -2.13. The van der Waals surface area contributed by atoms with Crippen LogP contribution in [0.3, 0.4) is 0 Å². The number of methoxy groups -OCH3 is 1. The molecule has 1 aromatic carbocycles. The molecule has 21 heavy (non-hydrogen) atoms. The molecule has 0 aliphatic rings. The van der Waals surface area contributed by atoms with Crippen molar-refractivity contribution < 1.29 is 14.3 Å². The van der Waals surface area contributed by atoms with Gasteiger partial charge in [-0.2, -0.15) is 0 Å². The second-order valence-electron chi connectivity index (χ2n) is 4.13. The Morgan fingerprint density at radius 2 is 1.95 bits per heavy atom. The van der Waals surface area contributed by atoms with Crippen molar-refractivity contribution in [2.24, 2.45) is 0 Å². The van der Waals surface area contributed by atoms with Gasteiger partial charge in [-0.3, -0.25) is 4.79 Å². The molecule has 0 radical (unpaired) electrons. The second-order valence-corrected chi connectivity index (χ2v) is 4.49. The number of hydrogen-bond donors (Lipinski definition) is 2. The van der Waals surface area contributed by atoms with Gasteiger partial charge in [-0.1, -0.05) is 11.6 Å². The fraction of sp³-hybridized carbons (Fsp3) is 0.0714. The highest BCUT2D eigenvalue weighted by atomic mass is 35.5. The zero-order valence-electron chi connectivity index (χ0n) is 11.1. The molecule has 0 unspecified atom stereocenters. The third-order valence-corrected chi connectivity index (χ3v) is 2.97. The van der Waals surface area contributed by atoms with Crippen LogP contribution in [0, 0.1) is 0 Å². The van der Waals surface area contributed by atoms with Crippen LogP contribution in [0.1, 0.15) is 20.7 Å². The Kier molecular flexibility index (Phi) is 4.39. The number of hydrogen-bond acceptors (Lipinski definition) is 5. The first-order valence-electron chi connectivity index (χ1n) is 5.92. The Morgan fingerprint density at radius 3 is 2.57 bits per heavy atom. The maximum Gasteiger partial charge on any atom is 0.337 e. The van der Waals surface area contributed by atoms with Crippen LogP contribution in [0.25, 0.3) is 0 Å². The number of ether oxygens (including phenoxy) is 1. The van der Waals surface area contributed by atoms with Crippen molar-refractivity contribution in [3.63, 3.8) is 0 Å². The predicted molar refractivity (Wildman–Crippen MR) is 79.4 cm³/mol. The standard InChI is InChI=1S/C14H12ClN3O3/c1-21-14(20)8-2-4-10(5-3-8)18-13(19)11-6-9(16)7-17-12(11)15/h2-7H,16H2,1H3,(H,18,19). The SMILES string of the molecule is COC(=O)c1ccc(NC(=O)c2cc(N)cnc2Cl)cc1. The van der Waals surface area contributed by atoms with Crippen LogP contribution >= 0.6 is 11.6 Å². The van der Waals surface area contributed by atoms with E-state index in [1.165, 1.54) is 19.4 Å². The highest BCUT2D eigenvalue weighted by Crippen LogP contribution is 2.18. The van der Waals surface area contributed by atoms with Crippen molar-refractivity contribution in [2.45, 2.75) is 0 Å². The number of esters is 1. The van der Waals surface area contributed by atoms with Crippen molar-refractivity contribution in [2.75, 3.05) is 18.2 Å². The van der Waals surface area contributed by atoms with Gasteiger partial charge in [0.15, 0.2) is 0 Å². The highest BCUT2D eigenvalue weighted by molar-refractivity contribution is 6.33. The Balaban J connectivity index is 2.16. The summed E-state index contributed by atoms with van der Waals surface area (Å²) in [6, 6.07) is 7.68. The van der Waals surface area contributed by atoms with Crippen molar-refractivity contribution in [1.29, 1.82) is 0 Å². The molecule has 1 amide bonds. The Bertz CT molecular complexity index is 686. The number of halogens is 1. The zero-order valence-corrected chi connectivity index (χ0v) is 11.8. The number of nitrogens with one attached hydrogen (secondary N) is 1. The van der Waals surface area contributed by atoms with Gasteiger partial charge < -0.3 is 15.8 Å². The van der Waals surface area contributed by atoms with Crippen LogP contribution in [0.15, 0.2) is 36.5 Å². The molecule has 0 bridgehead atoms. The molecule has 0 fully saturated rings. The van der Waals surface area contributed by atoms with Gasteiger partial charge in [0, 0.05) is 5.69 Å². The van der Waals surface area contributed by atoms with Gasteiger partial charge >= 0.3 is 5.97 Å². The van der Waals surface area contributed by atoms with Crippen molar-refractivity contribution >= 4 is 34.9 Å². The van der Waals surface area contributed by atoms with E-state index in [2.05, 4.69) is 15.0 Å². The number of amides is 1. The second kappa shape index (κ2) is 6.23. The molecule has 0 saturated carbocycles. The lowest BCUT2D eigenvalue weighted by molar-refractivity contribution is 0.0600. The minimum absolute atomic E-state index is 0.0629. The van der Waals surface area contributed by atoms with E-state index in [9.17, 15) is 9.59 Å².